The summed E-state index contributed by atoms with van der Waals surface area (Å²) in [5.74, 6) is 3.16. The molecule has 0 aliphatic heterocycles. The largest absolute Gasteiger partial charge is 0.457 e. The predicted molar refractivity (Wildman–Crippen MR) is 110 cm³/mol. The Bertz CT molecular complexity index is 752. The van der Waals surface area contributed by atoms with Gasteiger partial charge < -0.3 is 10.1 Å². The third kappa shape index (κ3) is 2.90. The van der Waals surface area contributed by atoms with Crippen molar-refractivity contribution >= 4 is 17.7 Å². The van der Waals surface area contributed by atoms with Crippen molar-refractivity contribution in [3.8, 4) is 0 Å². The SMILES string of the molecule is CC(=O)NC12C[C@H]3C[C@H](C1)CC(C(=O)OCC(=O)C14CC5CC(CC(C5)C1)C4)(C3)C2. The predicted octanol–water partition coefficient (Wildman–Crippen LogP) is 3.79. The van der Waals surface area contributed by atoms with Crippen LogP contribution in [0, 0.1) is 40.4 Å². The number of rotatable bonds is 5. The van der Waals surface area contributed by atoms with Crippen LogP contribution < -0.4 is 5.32 Å². The summed E-state index contributed by atoms with van der Waals surface area (Å²) >= 11 is 0. The van der Waals surface area contributed by atoms with Crippen LogP contribution in [0.25, 0.3) is 0 Å². The number of ether oxygens (including phenoxy) is 1. The van der Waals surface area contributed by atoms with Crippen molar-refractivity contribution in [1.82, 2.24) is 5.32 Å². The van der Waals surface area contributed by atoms with Crippen LogP contribution >= 0.6 is 0 Å². The van der Waals surface area contributed by atoms with E-state index < -0.39 is 5.41 Å². The summed E-state index contributed by atoms with van der Waals surface area (Å²) in [5.41, 5.74) is -0.929. The number of esters is 1. The van der Waals surface area contributed by atoms with Gasteiger partial charge in [-0.05, 0) is 107 Å². The van der Waals surface area contributed by atoms with Crippen LogP contribution in [0.4, 0.5) is 0 Å². The molecule has 0 aromatic heterocycles. The van der Waals surface area contributed by atoms with E-state index >= 15 is 0 Å². The van der Waals surface area contributed by atoms with Crippen LogP contribution in [-0.2, 0) is 19.1 Å². The molecule has 0 radical (unpaired) electrons. The molecule has 0 spiro atoms. The summed E-state index contributed by atoms with van der Waals surface area (Å²) in [5, 5.41) is 3.21. The van der Waals surface area contributed by atoms with E-state index in [-0.39, 0.29) is 35.2 Å². The molecule has 0 unspecified atom stereocenters. The first kappa shape index (κ1) is 19.3. The standard InChI is InChI=1S/C25H35NO4/c1-15(27)26-25-11-19-5-20(12-25)10-24(9-19,14-25)22(29)30-13-21(28)23-6-16-2-17(7-23)4-18(3-16)8-23/h16-20H,2-14H2,1H3,(H,26,27)/t16?,17?,18?,19-,20-,23?,24?,25?/m0/s1. The minimum absolute atomic E-state index is 0.00235. The molecule has 1 N–H and O–H groups in total. The lowest BCUT2D eigenvalue weighted by atomic mass is 9.47. The van der Waals surface area contributed by atoms with Gasteiger partial charge in [-0.15, -0.1) is 0 Å². The Morgan fingerprint density at radius 1 is 0.767 bits per heavy atom. The second kappa shape index (κ2) is 6.32. The van der Waals surface area contributed by atoms with Crippen LogP contribution in [0.5, 0.6) is 0 Å². The number of amides is 1. The highest BCUT2D eigenvalue weighted by Crippen LogP contribution is 2.63. The zero-order valence-electron chi connectivity index (χ0n) is 18.2. The molecule has 5 heteroatoms. The van der Waals surface area contributed by atoms with Crippen LogP contribution in [0.2, 0.25) is 0 Å². The molecule has 0 heterocycles. The van der Waals surface area contributed by atoms with E-state index in [0.29, 0.717) is 18.3 Å². The highest BCUT2D eigenvalue weighted by atomic mass is 16.5. The average molecular weight is 414 g/mol. The molecule has 0 aromatic rings. The van der Waals surface area contributed by atoms with Gasteiger partial charge in [-0.25, -0.2) is 0 Å². The Morgan fingerprint density at radius 2 is 1.27 bits per heavy atom. The molecule has 8 aliphatic carbocycles. The molecular weight excluding hydrogens is 378 g/mol. The van der Waals surface area contributed by atoms with Crippen molar-refractivity contribution in [2.75, 3.05) is 6.61 Å². The van der Waals surface area contributed by atoms with Gasteiger partial charge in [0.25, 0.3) is 0 Å². The normalized spacial score (nSPS) is 49.8. The van der Waals surface area contributed by atoms with E-state index in [0.717, 1.165) is 62.7 Å². The summed E-state index contributed by atoms with van der Waals surface area (Å²) in [6.45, 7) is 1.54. The number of hydrogen-bond donors (Lipinski definition) is 1. The molecule has 0 aromatic carbocycles. The van der Waals surface area contributed by atoms with Crippen molar-refractivity contribution in [3.63, 3.8) is 0 Å². The summed E-state index contributed by atoms with van der Waals surface area (Å²) in [6.07, 6.45) is 12.6. The van der Waals surface area contributed by atoms with Crippen molar-refractivity contribution in [3.05, 3.63) is 0 Å². The van der Waals surface area contributed by atoms with Crippen molar-refractivity contribution < 1.29 is 19.1 Å². The second-order valence-electron chi connectivity index (χ2n) is 12.4. The zero-order chi connectivity index (χ0) is 20.7. The van der Waals surface area contributed by atoms with Crippen molar-refractivity contribution in [1.29, 1.82) is 0 Å². The number of ketones is 1. The molecule has 5 nitrogen and oxygen atoms in total. The molecule has 1 amide bonds. The quantitative estimate of drug-likeness (QED) is 0.696. The Balaban J connectivity index is 1.15. The highest BCUT2D eigenvalue weighted by Gasteiger charge is 2.62. The summed E-state index contributed by atoms with van der Waals surface area (Å²) in [7, 11) is 0. The fourth-order valence-electron chi connectivity index (χ4n) is 9.91. The maximum Gasteiger partial charge on any atom is 0.312 e. The minimum atomic E-state index is -0.492. The molecule has 8 fully saturated rings. The third-order valence-electron chi connectivity index (χ3n) is 9.90. The van der Waals surface area contributed by atoms with E-state index in [1.807, 2.05) is 0 Å². The number of Topliss-reactive ketones (excluding diaryl/α,β-unsaturated/α-hetero) is 1. The van der Waals surface area contributed by atoms with E-state index in [1.165, 1.54) is 25.7 Å². The molecule has 8 bridgehead atoms. The Kier molecular flexibility index (Phi) is 4.07. The number of carbonyl (C=O) groups is 3. The van der Waals surface area contributed by atoms with Crippen LogP contribution in [0.15, 0.2) is 0 Å². The first-order valence-corrected chi connectivity index (χ1v) is 12.3. The van der Waals surface area contributed by atoms with Crippen LogP contribution in [0.3, 0.4) is 0 Å². The monoisotopic (exact) mass is 413 g/mol. The lowest BCUT2D eigenvalue weighted by molar-refractivity contribution is -0.179. The lowest BCUT2D eigenvalue weighted by Gasteiger charge is -2.60. The Morgan fingerprint density at radius 3 is 1.80 bits per heavy atom. The lowest BCUT2D eigenvalue weighted by Crippen LogP contribution is -2.64. The first-order valence-electron chi connectivity index (χ1n) is 12.3. The third-order valence-corrected chi connectivity index (χ3v) is 9.90. The average Bonchev–Trinajstić information content (AvgIpc) is 2.62. The van der Waals surface area contributed by atoms with Gasteiger partial charge in [0.2, 0.25) is 5.91 Å². The molecule has 30 heavy (non-hydrogen) atoms. The van der Waals surface area contributed by atoms with Gasteiger partial charge in [-0.3, -0.25) is 14.4 Å². The van der Waals surface area contributed by atoms with E-state index in [4.69, 9.17) is 4.74 Å². The summed E-state index contributed by atoms with van der Waals surface area (Å²) in [4.78, 5) is 38.5. The Labute approximate surface area is 179 Å². The Hall–Kier alpha value is -1.39. The van der Waals surface area contributed by atoms with Gasteiger partial charge >= 0.3 is 5.97 Å². The van der Waals surface area contributed by atoms with Gasteiger partial charge in [0.1, 0.15) is 0 Å². The summed E-state index contributed by atoms with van der Waals surface area (Å²) < 4.78 is 5.83. The number of hydrogen-bond acceptors (Lipinski definition) is 4. The van der Waals surface area contributed by atoms with Gasteiger partial charge in [0, 0.05) is 17.9 Å². The van der Waals surface area contributed by atoms with Crippen LogP contribution in [0.1, 0.15) is 84.0 Å². The summed E-state index contributed by atoms with van der Waals surface area (Å²) in [6, 6.07) is 0. The topological polar surface area (TPSA) is 72.5 Å². The maximum absolute atomic E-state index is 13.4. The number of nitrogens with one attached hydrogen (secondary N) is 1. The second-order valence-corrected chi connectivity index (χ2v) is 12.4. The molecule has 2 atom stereocenters. The van der Waals surface area contributed by atoms with Crippen molar-refractivity contribution in [2.24, 2.45) is 40.4 Å². The van der Waals surface area contributed by atoms with E-state index in [1.54, 1.807) is 6.92 Å². The molecule has 8 saturated carbocycles. The fraction of sp³-hybridized carbons (Fsp3) is 0.880. The molecule has 164 valence electrons. The fourth-order valence-corrected chi connectivity index (χ4v) is 9.91. The van der Waals surface area contributed by atoms with E-state index in [9.17, 15) is 14.4 Å². The zero-order valence-corrected chi connectivity index (χ0v) is 18.2. The molecule has 0 saturated heterocycles. The highest BCUT2D eigenvalue weighted by molar-refractivity contribution is 5.89. The van der Waals surface area contributed by atoms with Gasteiger partial charge in [0.05, 0.1) is 5.41 Å². The first-order chi connectivity index (χ1) is 14.3. The van der Waals surface area contributed by atoms with Crippen LogP contribution in [-0.4, -0.2) is 29.8 Å². The van der Waals surface area contributed by atoms with Crippen molar-refractivity contribution in [2.45, 2.75) is 89.5 Å². The van der Waals surface area contributed by atoms with E-state index in [2.05, 4.69) is 5.32 Å². The van der Waals surface area contributed by atoms with Gasteiger partial charge in [-0.2, -0.15) is 0 Å². The van der Waals surface area contributed by atoms with Gasteiger partial charge in [0.15, 0.2) is 12.4 Å². The minimum Gasteiger partial charge on any atom is -0.457 e. The van der Waals surface area contributed by atoms with Gasteiger partial charge in [-0.1, -0.05) is 0 Å². The molecule has 8 aliphatic rings. The smallest absolute Gasteiger partial charge is 0.312 e. The molecular formula is C25H35NO4. The number of carbonyl (C=O) groups excluding carboxylic acids is 3. The maximum atomic E-state index is 13.4. The molecule has 8 rings (SSSR count).